The molecule has 2 saturated heterocycles. The van der Waals surface area contributed by atoms with Crippen LogP contribution >= 0.6 is 0 Å². The summed E-state index contributed by atoms with van der Waals surface area (Å²) in [5.41, 5.74) is 1.20. The number of benzene rings is 1. The molecule has 6 rings (SSSR count). The number of piperidine rings is 1. The highest BCUT2D eigenvalue weighted by molar-refractivity contribution is 6.48. The molecule has 180 valence electrons. The predicted molar refractivity (Wildman–Crippen MR) is 131 cm³/mol. The number of urea groups is 1. The van der Waals surface area contributed by atoms with Gasteiger partial charge in [-0.2, -0.15) is 0 Å². The van der Waals surface area contributed by atoms with Crippen LogP contribution in [-0.2, 0) is 15.7 Å². The van der Waals surface area contributed by atoms with Gasteiger partial charge in [0, 0.05) is 12.6 Å². The summed E-state index contributed by atoms with van der Waals surface area (Å²) in [5, 5.41) is 6.34. The first-order valence-corrected chi connectivity index (χ1v) is 12.9. The van der Waals surface area contributed by atoms with Crippen LogP contribution in [0.3, 0.4) is 0 Å². The molecule has 0 aromatic heterocycles. The van der Waals surface area contributed by atoms with Crippen molar-refractivity contribution < 1.29 is 14.1 Å². The highest BCUT2D eigenvalue weighted by Gasteiger charge is 2.68. The van der Waals surface area contributed by atoms with Crippen LogP contribution in [0, 0.1) is 17.3 Å². The summed E-state index contributed by atoms with van der Waals surface area (Å²) in [7, 11) is 1.72. The zero-order valence-electron chi connectivity index (χ0n) is 20.7. The van der Waals surface area contributed by atoms with E-state index in [2.05, 4.69) is 55.5 Å². The van der Waals surface area contributed by atoms with Gasteiger partial charge in [0.25, 0.3) is 0 Å². The van der Waals surface area contributed by atoms with Gasteiger partial charge in [-0.1, -0.05) is 50.6 Å². The zero-order chi connectivity index (χ0) is 23.2. The van der Waals surface area contributed by atoms with E-state index in [9.17, 15) is 4.79 Å². The fourth-order valence-electron chi connectivity index (χ4n) is 6.99. The topological polar surface area (TPSA) is 62.8 Å². The Bertz CT molecular complexity index is 852. The lowest BCUT2D eigenvalue weighted by molar-refractivity contribution is -0.199. The molecule has 33 heavy (non-hydrogen) atoms. The van der Waals surface area contributed by atoms with Crippen LogP contribution in [0.5, 0.6) is 0 Å². The van der Waals surface area contributed by atoms with Crippen molar-refractivity contribution in [3.63, 3.8) is 0 Å². The van der Waals surface area contributed by atoms with Crippen LogP contribution in [0.2, 0.25) is 0 Å². The summed E-state index contributed by atoms with van der Waals surface area (Å²) in [6, 6.07) is 10.6. The van der Waals surface area contributed by atoms with Gasteiger partial charge in [-0.25, -0.2) is 4.79 Å². The summed E-state index contributed by atoms with van der Waals surface area (Å²) >= 11 is 0. The fourth-order valence-corrected chi connectivity index (χ4v) is 6.99. The van der Waals surface area contributed by atoms with Crippen molar-refractivity contribution in [1.29, 1.82) is 0 Å². The molecule has 2 bridgehead atoms. The van der Waals surface area contributed by atoms with Gasteiger partial charge in [-0.15, -0.1) is 0 Å². The van der Waals surface area contributed by atoms with E-state index in [-0.39, 0.29) is 23.7 Å². The Morgan fingerprint density at radius 1 is 1.21 bits per heavy atom. The Hall–Kier alpha value is -1.57. The molecule has 4 unspecified atom stereocenters. The zero-order valence-corrected chi connectivity index (χ0v) is 20.7. The molecule has 6 nitrogen and oxygen atoms in total. The molecule has 3 aliphatic carbocycles. The van der Waals surface area contributed by atoms with Gasteiger partial charge < -0.3 is 24.8 Å². The second-order valence-corrected chi connectivity index (χ2v) is 11.6. The number of hydrogen-bond donors (Lipinski definition) is 2. The van der Waals surface area contributed by atoms with Crippen LogP contribution < -0.4 is 10.6 Å². The van der Waals surface area contributed by atoms with Gasteiger partial charge in [0.2, 0.25) is 0 Å². The molecule has 2 heterocycles. The van der Waals surface area contributed by atoms with Gasteiger partial charge in [-0.05, 0) is 75.4 Å². The Labute approximate surface area is 199 Å². The quantitative estimate of drug-likeness (QED) is 0.646. The number of amides is 2. The second kappa shape index (κ2) is 8.90. The number of hydrogen-bond acceptors (Lipinski definition) is 4. The smallest absolute Gasteiger partial charge is 0.404 e. The molecule has 0 spiro atoms. The molecule has 7 heteroatoms. The Balaban J connectivity index is 1.27. The normalized spacial score (nSPS) is 35.9. The Morgan fingerprint density at radius 3 is 2.73 bits per heavy atom. The Kier molecular flexibility index (Phi) is 6.25. The van der Waals surface area contributed by atoms with E-state index in [1.165, 1.54) is 24.8 Å². The van der Waals surface area contributed by atoms with Crippen molar-refractivity contribution in [2.75, 3.05) is 20.1 Å². The number of nitrogens with zero attached hydrogens (tertiary/aromatic N) is 1. The van der Waals surface area contributed by atoms with Crippen molar-refractivity contribution >= 4 is 13.1 Å². The van der Waals surface area contributed by atoms with Gasteiger partial charge in [0.1, 0.15) is 0 Å². The van der Waals surface area contributed by atoms with E-state index in [0.717, 1.165) is 19.4 Å². The SMILES string of the molecule is CN1CCCCC1CNC(=O)NC(Cc1ccccc1)B1O[C@@H]2CC3CC(C3(C)C)[C@]2(C)O1. The van der Waals surface area contributed by atoms with Crippen LogP contribution in [-0.4, -0.2) is 61.9 Å². The number of likely N-dealkylation sites (N-methyl/N-ethyl adjacent to an activating group) is 1. The second-order valence-electron chi connectivity index (χ2n) is 11.6. The molecule has 2 N–H and O–H groups in total. The number of nitrogens with one attached hydrogen (secondary N) is 2. The number of rotatable bonds is 6. The van der Waals surface area contributed by atoms with Gasteiger partial charge in [0.05, 0.1) is 17.6 Å². The van der Waals surface area contributed by atoms with Crippen molar-refractivity contribution in [3.05, 3.63) is 35.9 Å². The van der Waals surface area contributed by atoms with Crippen molar-refractivity contribution in [2.45, 2.75) is 83.0 Å². The molecular formula is C26H40BN3O3. The lowest BCUT2D eigenvalue weighted by Gasteiger charge is -2.64. The third-order valence-electron chi connectivity index (χ3n) is 9.33. The highest BCUT2D eigenvalue weighted by Crippen LogP contribution is 2.65. The molecular weight excluding hydrogens is 413 g/mol. The number of carbonyl (C=O) groups excluding carboxylic acids is 1. The molecule has 2 aliphatic heterocycles. The monoisotopic (exact) mass is 453 g/mol. The van der Waals surface area contributed by atoms with Crippen molar-refractivity contribution in [3.8, 4) is 0 Å². The minimum Gasteiger partial charge on any atom is -0.404 e. The minimum atomic E-state index is -0.432. The summed E-state index contributed by atoms with van der Waals surface area (Å²) in [6.07, 6.45) is 6.68. The molecule has 1 aromatic carbocycles. The minimum absolute atomic E-state index is 0.110. The lowest BCUT2D eigenvalue weighted by Crippen LogP contribution is -2.65. The van der Waals surface area contributed by atoms with Gasteiger partial charge in [-0.3, -0.25) is 0 Å². The molecule has 6 atom stereocenters. The average molecular weight is 453 g/mol. The molecule has 1 aromatic rings. The maximum atomic E-state index is 13.0. The van der Waals surface area contributed by atoms with E-state index >= 15 is 0 Å². The summed E-state index contributed by atoms with van der Waals surface area (Å²) < 4.78 is 13.2. The van der Waals surface area contributed by atoms with E-state index < -0.39 is 7.12 Å². The molecule has 5 fully saturated rings. The standard InChI is InChI=1S/C26H40BN3O3/c1-25(2)19-15-21(25)26(3)22(16-19)32-27(33-26)23(14-18-10-6-5-7-11-18)29-24(31)28-17-20-12-8-9-13-30(20)4/h5-7,10-11,19-23H,8-9,12-17H2,1-4H3,(H2,28,29,31)/t19?,20?,21?,22-,23?,26+/m1/s1. The predicted octanol–water partition coefficient (Wildman–Crippen LogP) is 3.65. The first-order valence-electron chi connectivity index (χ1n) is 12.9. The van der Waals surface area contributed by atoms with Gasteiger partial charge >= 0.3 is 13.1 Å². The third-order valence-corrected chi connectivity index (χ3v) is 9.33. The summed E-state index contributed by atoms with van der Waals surface area (Å²) in [4.78, 5) is 15.3. The Morgan fingerprint density at radius 2 is 2.00 bits per heavy atom. The molecule has 0 radical (unpaired) electrons. The largest absolute Gasteiger partial charge is 0.482 e. The summed E-state index contributed by atoms with van der Waals surface area (Å²) in [6.45, 7) is 8.76. The van der Waals surface area contributed by atoms with E-state index in [1.807, 2.05) is 18.2 Å². The highest BCUT2D eigenvalue weighted by atomic mass is 16.7. The number of carbonyl (C=O) groups is 1. The molecule has 3 saturated carbocycles. The van der Waals surface area contributed by atoms with Crippen LogP contribution in [0.25, 0.3) is 0 Å². The van der Waals surface area contributed by atoms with Crippen molar-refractivity contribution in [2.24, 2.45) is 17.3 Å². The summed E-state index contributed by atoms with van der Waals surface area (Å²) in [5.74, 6) is 0.977. The van der Waals surface area contributed by atoms with Crippen LogP contribution in [0.1, 0.15) is 58.4 Å². The fraction of sp³-hybridized carbons (Fsp3) is 0.731. The van der Waals surface area contributed by atoms with E-state index in [1.54, 1.807) is 0 Å². The van der Waals surface area contributed by atoms with Crippen molar-refractivity contribution in [1.82, 2.24) is 15.5 Å². The first-order chi connectivity index (χ1) is 15.8. The maximum absolute atomic E-state index is 13.0. The molecule has 2 amide bonds. The first kappa shape index (κ1) is 23.2. The van der Waals surface area contributed by atoms with Gasteiger partial charge in [0.15, 0.2) is 0 Å². The lowest BCUT2D eigenvalue weighted by atomic mass is 9.43. The average Bonchev–Trinajstić information content (AvgIpc) is 3.16. The van der Waals surface area contributed by atoms with Crippen LogP contribution in [0.4, 0.5) is 4.79 Å². The molecule has 5 aliphatic rings. The third kappa shape index (κ3) is 4.32. The van der Waals surface area contributed by atoms with E-state index in [4.69, 9.17) is 9.31 Å². The maximum Gasteiger partial charge on any atom is 0.482 e. The van der Waals surface area contributed by atoms with E-state index in [0.29, 0.717) is 36.3 Å². The number of likely N-dealkylation sites (tertiary alicyclic amines) is 1. The van der Waals surface area contributed by atoms with Crippen LogP contribution in [0.15, 0.2) is 30.3 Å².